The second-order valence-electron chi connectivity index (χ2n) is 6.14. The average molecular weight is 389 g/mol. The SMILES string of the molecule is C=CCn1c(=NC(=O)c2cccc3ccccc23)sc2cc([N+](=O)[O-])ccc21. The molecule has 0 aliphatic carbocycles. The number of fused-ring (bicyclic) bond motifs is 2. The predicted molar refractivity (Wildman–Crippen MR) is 111 cm³/mol. The second-order valence-corrected chi connectivity index (χ2v) is 7.15. The van der Waals surface area contributed by atoms with Gasteiger partial charge in [-0.1, -0.05) is 53.8 Å². The lowest BCUT2D eigenvalue weighted by molar-refractivity contribution is -0.384. The molecule has 1 amide bonds. The molecule has 1 aromatic heterocycles. The maximum absolute atomic E-state index is 12.9. The number of amides is 1. The van der Waals surface area contributed by atoms with E-state index < -0.39 is 4.92 Å². The number of aromatic nitrogens is 1. The number of non-ortho nitro benzene ring substituents is 1. The first-order chi connectivity index (χ1) is 13.6. The summed E-state index contributed by atoms with van der Waals surface area (Å²) in [4.78, 5) is 28.4. The topological polar surface area (TPSA) is 77.5 Å². The molecular formula is C21H15N3O3S. The summed E-state index contributed by atoms with van der Waals surface area (Å²) in [5, 5.41) is 12.9. The Labute approximate surface area is 163 Å². The third kappa shape index (κ3) is 3.12. The molecule has 7 heteroatoms. The number of nitrogens with zero attached hydrogens (tertiary/aromatic N) is 3. The molecule has 0 saturated carbocycles. The number of nitro groups is 1. The van der Waals surface area contributed by atoms with Crippen molar-refractivity contribution in [3.8, 4) is 0 Å². The summed E-state index contributed by atoms with van der Waals surface area (Å²) < 4.78 is 2.53. The van der Waals surface area contributed by atoms with Crippen LogP contribution in [0.25, 0.3) is 21.0 Å². The number of rotatable bonds is 4. The van der Waals surface area contributed by atoms with Crippen LogP contribution in [0.3, 0.4) is 0 Å². The highest BCUT2D eigenvalue weighted by Gasteiger charge is 2.13. The fourth-order valence-electron chi connectivity index (χ4n) is 3.13. The van der Waals surface area contributed by atoms with Crippen LogP contribution in [0.2, 0.25) is 0 Å². The van der Waals surface area contributed by atoms with Gasteiger partial charge in [-0.05, 0) is 22.9 Å². The number of benzene rings is 3. The molecule has 0 aliphatic rings. The maximum Gasteiger partial charge on any atom is 0.280 e. The van der Waals surface area contributed by atoms with Crippen molar-refractivity contribution in [2.75, 3.05) is 0 Å². The van der Waals surface area contributed by atoms with Gasteiger partial charge < -0.3 is 4.57 Å². The Balaban J connectivity index is 1.90. The van der Waals surface area contributed by atoms with E-state index in [4.69, 9.17) is 0 Å². The summed E-state index contributed by atoms with van der Waals surface area (Å²) in [5.41, 5.74) is 1.30. The molecular weight excluding hydrogens is 374 g/mol. The molecule has 3 aromatic carbocycles. The Morgan fingerprint density at radius 2 is 1.96 bits per heavy atom. The van der Waals surface area contributed by atoms with Crippen LogP contribution in [0.15, 0.2) is 78.3 Å². The van der Waals surface area contributed by atoms with Crippen molar-refractivity contribution in [1.29, 1.82) is 0 Å². The number of thiazole rings is 1. The molecule has 4 aromatic rings. The smallest absolute Gasteiger partial charge is 0.280 e. The van der Waals surface area contributed by atoms with Gasteiger partial charge in [-0.2, -0.15) is 4.99 Å². The lowest BCUT2D eigenvalue weighted by Gasteiger charge is -2.03. The van der Waals surface area contributed by atoms with E-state index in [1.54, 1.807) is 18.2 Å². The van der Waals surface area contributed by atoms with E-state index in [1.807, 2.05) is 41.0 Å². The van der Waals surface area contributed by atoms with E-state index in [0.717, 1.165) is 16.3 Å². The minimum Gasteiger partial charge on any atom is -0.312 e. The number of hydrogen-bond donors (Lipinski definition) is 0. The molecule has 6 nitrogen and oxygen atoms in total. The molecule has 0 spiro atoms. The summed E-state index contributed by atoms with van der Waals surface area (Å²) in [6.07, 6.45) is 1.70. The van der Waals surface area contributed by atoms with Crippen molar-refractivity contribution in [2.24, 2.45) is 4.99 Å². The Morgan fingerprint density at radius 1 is 1.18 bits per heavy atom. The molecule has 0 bridgehead atoms. The van der Waals surface area contributed by atoms with E-state index in [9.17, 15) is 14.9 Å². The molecule has 0 N–H and O–H groups in total. The van der Waals surface area contributed by atoms with Crippen molar-refractivity contribution in [3.05, 3.63) is 93.8 Å². The van der Waals surface area contributed by atoms with Crippen molar-refractivity contribution < 1.29 is 9.72 Å². The lowest BCUT2D eigenvalue weighted by Crippen LogP contribution is -2.16. The third-order valence-electron chi connectivity index (χ3n) is 4.41. The van der Waals surface area contributed by atoms with Gasteiger partial charge >= 0.3 is 0 Å². The average Bonchev–Trinajstić information content (AvgIpc) is 3.04. The van der Waals surface area contributed by atoms with Gasteiger partial charge in [0.15, 0.2) is 4.80 Å². The highest BCUT2D eigenvalue weighted by molar-refractivity contribution is 7.16. The van der Waals surface area contributed by atoms with Gasteiger partial charge in [0.1, 0.15) is 0 Å². The number of allylic oxidation sites excluding steroid dienone is 1. The van der Waals surface area contributed by atoms with E-state index in [2.05, 4.69) is 11.6 Å². The van der Waals surface area contributed by atoms with Gasteiger partial charge in [-0.3, -0.25) is 14.9 Å². The first kappa shape index (κ1) is 17.8. The molecule has 0 aliphatic heterocycles. The Kier molecular flexibility index (Phi) is 4.58. The highest BCUT2D eigenvalue weighted by atomic mass is 32.1. The molecule has 4 rings (SSSR count). The third-order valence-corrected chi connectivity index (χ3v) is 5.45. The van der Waals surface area contributed by atoms with Gasteiger partial charge in [-0.25, -0.2) is 0 Å². The summed E-state index contributed by atoms with van der Waals surface area (Å²) in [6.45, 7) is 4.20. The molecule has 138 valence electrons. The molecule has 0 radical (unpaired) electrons. The lowest BCUT2D eigenvalue weighted by atomic mass is 10.0. The summed E-state index contributed by atoms with van der Waals surface area (Å²) in [5.74, 6) is -0.351. The molecule has 0 unspecified atom stereocenters. The van der Waals surface area contributed by atoms with E-state index in [0.29, 0.717) is 21.6 Å². The standard InChI is InChI=1S/C21H15N3O3S/c1-2-12-23-18-11-10-15(24(26)27)13-19(18)28-21(23)22-20(25)17-9-5-7-14-6-3-4-8-16(14)17/h2-11,13H,1,12H2. The minimum absolute atomic E-state index is 0.00596. The van der Waals surface area contributed by atoms with Crippen LogP contribution in [0.1, 0.15) is 10.4 Å². The van der Waals surface area contributed by atoms with Crippen LogP contribution in [-0.4, -0.2) is 15.4 Å². The Bertz CT molecular complexity index is 1310. The second kappa shape index (κ2) is 7.21. The zero-order valence-electron chi connectivity index (χ0n) is 14.7. The molecule has 28 heavy (non-hydrogen) atoms. The van der Waals surface area contributed by atoms with Crippen LogP contribution < -0.4 is 4.80 Å². The van der Waals surface area contributed by atoms with Crippen molar-refractivity contribution in [1.82, 2.24) is 4.57 Å². The van der Waals surface area contributed by atoms with Crippen molar-refractivity contribution in [2.45, 2.75) is 6.54 Å². The number of carbonyl (C=O) groups is 1. The first-order valence-corrected chi connectivity index (χ1v) is 9.35. The Morgan fingerprint density at radius 3 is 2.75 bits per heavy atom. The normalized spacial score (nSPS) is 11.8. The van der Waals surface area contributed by atoms with Crippen molar-refractivity contribution >= 4 is 43.9 Å². The molecule has 0 fully saturated rings. The fourth-order valence-corrected chi connectivity index (χ4v) is 4.20. The van der Waals surface area contributed by atoms with Gasteiger partial charge in [0.25, 0.3) is 11.6 Å². The van der Waals surface area contributed by atoms with Crippen LogP contribution >= 0.6 is 11.3 Å². The van der Waals surface area contributed by atoms with Gasteiger partial charge in [0, 0.05) is 24.2 Å². The van der Waals surface area contributed by atoms with Crippen molar-refractivity contribution in [3.63, 3.8) is 0 Å². The van der Waals surface area contributed by atoms with Crippen LogP contribution in [0, 0.1) is 10.1 Å². The Hall–Kier alpha value is -3.58. The quantitative estimate of drug-likeness (QED) is 0.289. The van der Waals surface area contributed by atoms with E-state index in [1.165, 1.54) is 23.5 Å². The van der Waals surface area contributed by atoms with E-state index in [-0.39, 0.29) is 11.6 Å². The largest absolute Gasteiger partial charge is 0.312 e. The van der Waals surface area contributed by atoms with Crippen LogP contribution in [-0.2, 0) is 6.54 Å². The number of hydrogen-bond acceptors (Lipinski definition) is 4. The molecule has 1 heterocycles. The monoisotopic (exact) mass is 389 g/mol. The van der Waals surface area contributed by atoms with Crippen LogP contribution in [0.5, 0.6) is 0 Å². The van der Waals surface area contributed by atoms with Crippen LogP contribution in [0.4, 0.5) is 5.69 Å². The minimum atomic E-state index is -0.435. The highest BCUT2D eigenvalue weighted by Crippen LogP contribution is 2.24. The summed E-state index contributed by atoms with van der Waals surface area (Å²) in [6, 6.07) is 17.8. The van der Waals surface area contributed by atoms with Gasteiger partial charge in [-0.15, -0.1) is 6.58 Å². The van der Waals surface area contributed by atoms with Gasteiger partial charge in [0.2, 0.25) is 0 Å². The maximum atomic E-state index is 12.9. The molecule has 0 atom stereocenters. The molecule has 0 saturated heterocycles. The predicted octanol–water partition coefficient (Wildman–Crippen LogP) is 4.69. The first-order valence-electron chi connectivity index (χ1n) is 8.54. The fraction of sp³-hybridized carbons (Fsp3) is 0.0476. The zero-order valence-corrected chi connectivity index (χ0v) is 15.6. The summed E-state index contributed by atoms with van der Waals surface area (Å²) >= 11 is 1.25. The zero-order chi connectivity index (χ0) is 19.7. The number of nitro benzene ring substituents is 1. The van der Waals surface area contributed by atoms with Gasteiger partial charge in [0.05, 0.1) is 15.1 Å². The van der Waals surface area contributed by atoms with E-state index >= 15 is 0 Å². The number of carbonyl (C=O) groups excluding carboxylic acids is 1. The summed E-state index contributed by atoms with van der Waals surface area (Å²) in [7, 11) is 0.